The first-order valence-corrected chi connectivity index (χ1v) is 18.4. The minimum Gasteiger partial charge on any atom is -0.550 e. The minimum atomic E-state index is -1.37. The van der Waals surface area contributed by atoms with Crippen LogP contribution >= 0.6 is 0 Å². The molecule has 340 valence electrons. The molecule has 20 nitrogen and oxygen atoms in total. The Balaban J connectivity index is -0.000000101. The van der Waals surface area contributed by atoms with Crippen LogP contribution in [0, 0.1) is 0 Å². The number of quaternary nitrogens is 4. The largest absolute Gasteiger partial charge is 0.550 e. The Morgan fingerprint density at radius 3 is 0.679 bits per heavy atom. The maximum absolute atomic E-state index is 9.50. The van der Waals surface area contributed by atoms with Gasteiger partial charge in [-0.2, -0.15) is 0 Å². The molecule has 0 unspecified atom stereocenters. The summed E-state index contributed by atoms with van der Waals surface area (Å²) in [4.78, 5) is 37.9. The number of aliphatic carboxylic acids is 4. The number of carboxylic acid groups (broad SMARTS) is 4. The lowest BCUT2D eigenvalue weighted by Gasteiger charge is -2.00. The zero-order chi connectivity index (χ0) is 44.4. The third-order valence-corrected chi connectivity index (χ3v) is 5.50. The van der Waals surface area contributed by atoms with Crippen molar-refractivity contribution in [3.05, 3.63) is 12.2 Å². The van der Waals surface area contributed by atoms with Gasteiger partial charge in [-0.1, -0.05) is 19.4 Å². The molecule has 0 saturated heterocycles. The first-order valence-electron chi connectivity index (χ1n) is 18.4. The molecular weight excluding hydrogens is 744 g/mol. The number of hydrogen-bond acceptors (Lipinski definition) is 16. The first-order chi connectivity index (χ1) is 26.8. The van der Waals surface area contributed by atoms with Crippen molar-refractivity contribution in [3.8, 4) is 0 Å². The van der Waals surface area contributed by atoms with Gasteiger partial charge < -0.3 is 98.8 Å². The van der Waals surface area contributed by atoms with Crippen LogP contribution in [0.3, 0.4) is 0 Å². The van der Waals surface area contributed by atoms with Gasteiger partial charge >= 0.3 is 0 Å². The van der Waals surface area contributed by atoms with E-state index < -0.39 is 36.7 Å². The summed E-state index contributed by atoms with van der Waals surface area (Å²) in [6.45, 7) is 18.2. The average molecular weight is 825 g/mol. The fourth-order valence-electron chi connectivity index (χ4n) is 2.73. The number of carbonyl (C=O) groups excluding carboxylic acids is 4. The lowest BCUT2D eigenvalue weighted by Crippen LogP contribution is -2.86. The quantitative estimate of drug-likeness (QED) is 0.0386. The molecule has 0 spiro atoms. The molecule has 0 rings (SSSR count). The molecule has 0 aliphatic carbocycles. The predicted molar refractivity (Wildman–Crippen MR) is 201 cm³/mol. The van der Waals surface area contributed by atoms with E-state index in [1.165, 1.54) is 6.08 Å². The van der Waals surface area contributed by atoms with Crippen LogP contribution in [-0.2, 0) is 57.1 Å². The Morgan fingerprint density at radius 2 is 0.607 bits per heavy atom. The van der Waals surface area contributed by atoms with E-state index in [-0.39, 0.29) is 6.42 Å². The summed E-state index contributed by atoms with van der Waals surface area (Å²) in [5, 5.41) is 46.6. The van der Waals surface area contributed by atoms with Crippen molar-refractivity contribution in [2.24, 2.45) is 0 Å². The molecule has 0 aromatic rings. The number of hydrogen-bond donors (Lipinski definition) is 4. The fourth-order valence-corrected chi connectivity index (χ4v) is 2.73. The number of allylic oxidation sites excluding steroid dienone is 1. The van der Waals surface area contributed by atoms with Crippen molar-refractivity contribution in [3.63, 3.8) is 0 Å². The second-order valence-electron chi connectivity index (χ2n) is 10.6. The molecule has 20 heteroatoms. The van der Waals surface area contributed by atoms with Crippen LogP contribution in [0.5, 0.6) is 0 Å². The van der Waals surface area contributed by atoms with Crippen molar-refractivity contribution >= 4 is 23.9 Å². The summed E-state index contributed by atoms with van der Waals surface area (Å²) in [6, 6.07) is 0. The van der Waals surface area contributed by atoms with Gasteiger partial charge in [0.25, 0.3) is 0 Å². The van der Waals surface area contributed by atoms with Crippen LogP contribution in [-0.4, -0.2) is 186 Å². The van der Waals surface area contributed by atoms with Crippen LogP contribution in [0.2, 0.25) is 0 Å². The van der Waals surface area contributed by atoms with Gasteiger partial charge in [-0.15, -0.1) is 0 Å². The number of carboxylic acids is 4. The molecule has 0 bridgehead atoms. The van der Waals surface area contributed by atoms with E-state index in [1.807, 2.05) is 0 Å². The molecule has 0 fully saturated rings. The topological polar surface area (TPSA) is 301 Å². The van der Waals surface area contributed by atoms with E-state index in [9.17, 15) is 39.6 Å². The van der Waals surface area contributed by atoms with Gasteiger partial charge in [0.1, 0.15) is 0 Å². The van der Waals surface area contributed by atoms with Crippen molar-refractivity contribution < 1.29 is 98.8 Å². The molecule has 0 aliphatic rings. The second-order valence-corrected chi connectivity index (χ2v) is 10.6. The van der Waals surface area contributed by atoms with Crippen molar-refractivity contribution in [1.82, 2.24) is 0 Å². The van der Waals surface area contributed by atoms with Crippen molar-refractivity contribution in [2.75, 3.05) is 162 Å². The Kier molecular flexibility index (Phi) is 88.8. The standard InChI is InChI=1S/4C6H15NO2.C4H6O4.C4H8O2.C4H6O2/c4*1-8-5-3-7-4-6-9-2;5-3(6)1-2-4(7)8;2*1-2-3-4(5)6/h4*7H,3-6H2,1-2H3;1-2H2,(H,5,6)(H,7,8);2-3H2,1H3,(H,5,6);2-3H,1H3,(H,5,6). The average Bonchev–Trinajstić information content (AvgIpc) is 3.15. The molecule has 0 aliphatic heterocycles. The molecule has 0 aromatic carbocycles. The number of carbonyl (C=O) groups is 4. The van der Waals surface area contributed by atoms with Crippen LogP contribution in [0.1, 0.15) is 39.5 Å². The summed E-state index contributed by atoms with van der Waals surface area (Å²) >= 11 is 0. The zero-order valence-electron chi connectivity index (χ0n) is 36.1. The highest BCUT2D eigenvalue weighted by Crippen LogP contribution is 1.81. The van der Waals surface area contributed by atoms with Crippen LogP contribution in [0.25, 0.3) is 0 Å². The molecule has 0 heterocycles. The van der Waals surface area contributed by atoms with Gasteiger partial charge in [-0.05, 0) is 32.3 Å². The van der Waals surface area contributed by atoms with Crippen molar-refractivity contribution in [1.29, 1.82) is 0 Å². The number of rotatable bonds is 30. The van der Waals surface area contributed by atoms with Gasteiger partial charge in [-0.25, -0.2) is 0 Å². The summed E-state index contributed by atoms with van der Waals surface area (Å²) in [5.41, 5.74) is 0. The maximum Gasteiger partial charge on any atom is 0.0993 e. The van der Waals surface area contributed by atoms with Gasteiger partial charge in [-0.3, -0.25) is 0 Å². The molecule has 0 saturated carbocycles. The third kappa shape index (κ3) is 124. The second kappa shape index (κ2) is 73.3. The molecule has 56 heavy (non-hydrogen) atoms. The number of nitrogens with two attached hydrogens (primary N) is 4. The van der Waals surface area contributed by atoms with Crippen LogP contribution < -0.4 is 41.7 Å². The lowest BCUT2D eigenvalue weighted by atomic mass is 10.3. The van der Waals surface area contributed by atoms with E-state index in [2.05, 4.69) is 21.3 Å². The lowest BCUT2D eigenvalue weighted by molar-refractivity contribution is -0.657. The molecule has 0 radical (unpaired) electrons. The van der Waals surface area contributed by atoms with E-state index in [0.717, 1.165) is 111 Å². The predicted octanol–water partition coefficient (Wildman–Crippen LogP) is -8.51. The van der Waals surface area contributed by atoms with Crippen LogP contribution in [0.4, 0.5) is 0 Å². The van der Waals surface area contributed by atoms with Crippen molar-refractivity contribution in [2.45, 2.75) is 39.5 Å². The highest BCUT2D eigenvalue weighted by atomic mass is 16.5. The first kappa shape index (κ1) is 67.9. The SMILES string of the molecule is CC=CC(=O)[O-].CCCC(=O)[O-].COCC[NH2+]CCOC.COCC[NH2+]CCOC.COCC[NH2+]CCOC.COCC[NH2+]CCOC.O=C([O-])CCC(=O)[O-]. The Bertz CT molecular complexity index is 677. The molecular formula is C36H80N4O16. The van der Waals surface area contributed by atoms with Gasteiger partial charge in [0, 0.05) is 74.8 Å². The van der Waals surface area contributed by atoms with Gasteiger partial charge in [0.15, 0.2) is 0 Å². The molecule has 8 N–H and O–H groups in total. The summed E-state index contributed by atoms with van der Waals surface area (Å²) in [7, 11) is 13.7. The smallest absolute Gasteiger partial charge is 0.0993 e. The summed E-state index contributed by atoms with van der Waals surface area (Å²) in [6.07, 6.45) is 2.29. The summed E-state index contributed by atoms with van der Waals surface area (Å²) in [5.74, 6) is -4.83. The number of methoxy groups -OCH3 is 8. The highest BCUT2D eigenvalue weighted by molar-refractivity contribution is 5.77. The third-order valence-electron chi connectivity index (χ3n) is 5.50. The van der Waals surface area contributed by atoms with E-state index in [4.69, 9.17) is 37.9 Å². The zero-order valence-corrected chi connectivity index (χ0v) is 36.1. The van der Waals surface area contributed by atoms with Crippen LogP contribution in [0.15, 0.2) is 12.2 Å². The Hall–Kier alpha value is -2.86. The van der Waals surface area contributed by atoms with E-state index in [0.29, 0.717) is 6.42 Å². The van der Waals surface area contributed by atoms with E-state index >= 15 is 0 Å². The Labute approximate surface area is 336 Å². The minimum absolute atomic E-state index is 0.181. The molecule has 0 atom stereocenters. The Morgan fingerprint density at radius 1 is 0.411 bits per heavy atom. The summed E-state index contributed by atoms with van der Waals surface area (Å²) < 4.78 is 38.8. The van der Waals surface area contributed by atoms with E-state index in [1.54, 1.807) is 70.7 Å². The normalized spacial score (nSPS) is 9.54. The maximum atomic E-state index is 9.50. The fraction of sp³-hybridized carbons (Fsp3) is 0.833. The van der Waals surface area contributed by atoms with Gasteiger partial charge in [0.2, 0.25) is 0 Å². The van der Waals surface area contributed by atoms with Gasteiger partial charge in [0.05, 0.1) is 111 Å². The monoisotopic (exact) mass is 825 g/mol. The molecule has 0 aromatic heterocycles. The highest BCUT2D eigenvalue weighted by Gasteiger charge is 1.89. The molecule has 0 amide bonds. The number of ether oxygens (including phenoxy) is 8.